The standard InChI is InChI=1S/C15H18/c1-10-7-11(2)15-9-13-6-4-3-5-12(13)8-14(10)15/h3-6,8-11,14-15H,7H2,1-2H3. The molecule has 1 aromatic rings. The molecular weight excluding hydrogens is 180 g/mol. The lowest BCUT2D eigenvalue weighted by Gasteiger charge is -2.21. The fourth-order valence-corrected chi connectivity index (χ4v) is 3.44. The molecule has 1 aromatic carbocycles. The van der Waals surface area contributed by atoms with Crippen LogP contribution in [0.4, 0.5) is 0 Å². The Kier molecular flexibility index (Phi) is 1.98. The Bertz CT molecular complexity index is 438. The van der Waals surface area contributed by atoms with Gasteiger partial charge in [0, 0.05) is 0 Å². The van der Waals surface area contributed by atoms with E-state index in [1.807, 2.05) is 0 Å². The molecule has 2 aliphatic carbocycles. The predicted octanol–water partition coefficient (Wildman–Crippen LogP) is 2.17. The molecule has 0 amide bonds. The molecule has 0 aromatic heterocycles. The molecule has 0 radical (unpaired) electrons. The van der Waals surface area contributed by atoms with Crippen molar-refractivity contribution < 1.29 is 0 Å². The molecule has 2 aliphatic rings. The molecule has 0 saturated heterocycles. The average Bonchev–Trinajstić information content (AvgIpc) is 2.52. The van der Waals surface area contributed by atoms with Gasteiger partial charge < -0.3 is 0 Å². The highest BCUT2D eigenvalue weighted by atomic mass is 14.4. The third kappa shape index (κ3) is 1.35. The van der Waals surface area contributed by atoms with Crippen molar-refractivity contribution >= 4 is 12.2 Å². The van der Waals surface area contributed by atoms with Crippen LogP contribution in [0.3, 0.4) is 0 Å². The molecule has 1 saturated carbocycles. The third-order valence-electron chi connectivity index (χ3n) is 4.24. The smallest absolute Gasteiger partial charge is 0.0133 e. The van der Waals surface area contributed by atoms with Gasteiger partial charge in [-0.15, -0.1) is 0 Å². The van der Waals surface area contributed by atoms with E-state index in [1.54, 1.807) is 0 Å². The SMILES string of the molecule is CC1CC(C)C2C=c3ccccc3=CC12. The first kappa shape index (κ1) is 9.21. The van der Waals surface area contributed by atoms with Crippen LogP contribution in [0.15, 0.2) is 24.3 Å². The van der Waals surface area contributed by atoms with Gasteiger partial charge in [0.25, 0.3) is 0 Å². The first-order valence-electron chi connectivity index (χ1n) is 6.04. The van der Waals surface area contributed by atoms with Crippen molar-refractivity contribution in [2.24, 2.45) is 23.7 Å². The molecule has 0 bridgehead atoms. The maximum Gasteiger partial charge on any atom is -0.0133 e. The highest BCUT2D eigenvalue weighted by Gasteiger charge is 2.36. The summed E-state index contributed by atoms with van der Waals surface area (Å²) in [7, 11) is 0. The molecular formula is C15H18. The monoisotopic (exact) mass is 198 g/mol. The summed E-state index contributed by atoms with van der Waals surface area (Å²) in [5, 5.41) is 2.89. The predicted molar refractivity (Wildman–Crippen MR) is 64.5 cm³/mol. The molecule has 0 aliphatic heterocycles. The summed E-state index contributed by atoms with van der Waals surface area (Å²) in [6, 6.07) is 8.79. The summed E-state index contributed by atoms with van der Waals surface area (Å²) >= 11 is 0. The van der Waals surface area contributed by atoms with Crippen LogP contribution in [-0.4, -0.2) is 0 Å². The molecule has 1 fully saturated rings. The Balaban J connectivity index is 2.19. The van der Waals surface area contributed by atoms with Crippen LogP contribution in [0.5, 0.6) is 0 Å². The number of rotatable bonds is 0. The van der Waals surface area contributed by atoms with Gasteiger partial charge in [-0.05, 0) is 40.5 Å². The zero-order chi connectivity index (χ0) is 10.4. The minimum Gasteiger partial charge on any atom is -0.0727 e. The van der Waals surface area contributed by atoms with Crippen LogP contribution >= 0.6 is 0 Å². The molecule has 78 valence electrons. The van der Waals surface area contributed by atoms with E-state index in [-0.39, 0.29) is 0 Å². The lowest BCUT2D eigenvalue weighted by molar-refractivity contribution is 0.471. The highest BCUT2D eigenvalue weighted by molar-refractivity contribution is 5.45. The zero-order valence-corrected chi connectivity index (χ0v) is 9.48. The van der Waals surface area contributed by atoms with Crippen molar-refractivity contribution in [2.45, 2.75) is 20.3 Å². The Hall–Kier alpha value is -1.04. The minimum atomic E-state index is 0.787. The quantitative estimate of drug-likeness (QED) is 0.599. The Morgan fingerprint density at radius 2 is 1.33 bits per heavy atom. The van der Waals surface area contributed by atoms with Crippen LogP contribution in [-0.2, 0) is 0 Å². The Labute approximate surface area is 91.3 Å². The second-order valence-corrected chi connectivity index (χ2v) is 5.31. The van der Waals surface area contributed by atoms with E-state index < -0.39 is 0 Å². The summed E-state index contributed by atoms with van der Waals surface area (Å²) < 4.78 is 0. The maximum absolute atomic E-state index is 2.51. The molecule has 4 unspecified atom stereocenters. The number of fused-ring (bicyclic) bond motifs is 2. The average molecular weight is 198 g/mol. The van der Waals surface area contributed by atoms with Gasteiger partial charge >= 0.3 is 0 Å². The molecule has 15 heavy (non-hydrogen) atoms. The van der Waals surface area contributed by atoms with Crippen molar-refractivity contribution in [3.05, 3.63) is 34.7 Å². The first-order chi connectivity index (χ1) is 7.25. The van der Waals surface area contributed by atoms with Gasteiger partial charge in [0.1, 0.15) is 0 Å². The zero-order valence-electron chi connectivity index (χ0n) is 9.48. The van der Waals surface area contributed by atoms with Gasteiger partial charge in [0.05, 0.1) is 0 Å². The highest BCUT2D eigenvalue weighted by Crippen LogP contribution is 2.43. The van der Waals surface area contributed by atoms with Gasteiger partial charge in [-0.2, -0.15) is 0 Å². The molecule has 0 N–H and O–H groups in total. The number of hydrogen-bond acceptors (Lipinski definition) is 0. The summed E-state index contributed by atoms with van der Waals surface area (Å²) in [5.74, 6) is 3.29. The fraction of sp³-hybridized carbons (Fsp3) is 0.467. The first-order valence-corrected chi connectivity index (χ1v) is 6.04. The van der Waals surface area contributed by atoms with Crippen LogP contribution < -0.4 is 10.4 Å². The van der Waals surface area contributed by atoms with Gasteiger partial charge in [-0.25, -0.2) is 0 Å². The third-order valence-corrected chi connectivity index (χ3v) is 4.24. The molecule has 0 heterocycles. The van der Waals surface area contributed by atoms with Gasteiger partial charge in [-0.1, -0.05) is 50.3 Å². The van der Waals surface area contributed by atoms with Crippen molar-refractivity contribution in [3.63, 3.8) is 0 Å². The van der Waals surface area contributed by atoms with E-state index in [9.17, 15) is 0 Å². The van der Waals surface area contributed by atoms with Crippen molar-refractivity contribution in [2.75, 3.05) is 0 Å². The maximum atomic E-state index is 2.51. The molecule has 4 atom stereocenters. The van der Waals surface area contributed by atoms with Crippen molar-refractivity contribution in [1.82, 2.24) is 0 Å². The lowest BCUT2D eigenvalue weighted by Crippen LogP contribution is -2.32. The molecule has 0 nitrogen and oxygen atoms in total. The normalized spacial score (nSPS) is 37.5. The van der Waals surface area contributed by atoms with Gasteiger partial charge in [-0.3, -0.25) is 0 Å². The Morgan fingerprint density at radius 1 is 0.867 bits per heavy atom. The Morgan fingerprint density at radius 3 is 1.80 bits per heavy atom. The summed E-state index contributed by atoms with van der Waals surface area (Å²) in [5.41, 5.74) is 0. The minimum absolute atomic E-state index is 0.787. The van der Waals surface area contributed by atoms with Crippen LogP contribution in [0.25, 0.3) is 12.2 Å². The molecule has 3 rings (SSSR count). The summed E-state index contributed by atoms with van der Waals surface area (Å²) in [6.45, 7) is 4.80. The topological polar surface area (TPSA) is 0 Å². The van der Waals surface area contributed by atoms with Crippen molar-refractivity contribution in [1.29, 1.82) is 0 Å². The molecule has 0 heteroatoms. The second kappa shape index (κ2) is 3.23. The fourth-order valence-electron chi connectivity index (χ4n) is 3.44. The van der Waals surface area contributed by atoms with E-state index in [2.05, 4.69) is 50.3 Å². The van der Waals surface area contributed by atoms with Gasteiger partial charge in [0.15, 0.2) is 0 Å². The van der Waals surface area contributed by atoms with Crippen molar-refractivity contribution in [3.8, 4) is 0 Å². The second-order valence-electron chi connectivity index (χ2n) is 5.31. The summed E-state index contributed by atoms with van der Waals surface area (Å²) in [4.78, 5) is 0. The van der Waals surface area contributed by atoms with Crippen LogP contribution in [0.1, 0.15) is 20.3 Å². The number of hydrogen-bond donors (Lipinski definition) is 0. The lowest BCUT2D eigenvalue weighted by atomic mass is 9.83. The van der Waals surface area contributed by atoms with E-state index >= 15 is 0 Å². The van der Waals surface area contributed by atoms with E-state index in [4.69, 9.17) is 0 Å². The van der Waals surface area contributed by atoms with E-state index in [0.29, 0.717) is 0 Å². The molecule has 0 spiro atoms. The van der Waals surface area contributed by atoms with Crippen LogP contribution in [0, 0.1) is 23.7 Å². The van der Waals surface area contributed by atoms with Gasteiger partial charge in [0.2, 0.25) is 0 Å². The summed E-state index contributed by atoms with van der Waals surface area (Å²) in [6.07, 6.45) is 6.40. The van der Waals surface area contributed by atoms with Crippen LogP contribution in [0.2, 0.25) is 0 Å². The number of benzene rings is 1. The largest absolute Gasteiger partial charge is 0.0727 e. The van der Waals surface area contributed by atoms with E-state index in [0.717, 1.165) is 23.7 Å². The van der Waals surface area contributed by atoms with E-state index in [1.165, 1.54) is 16.9 Å².